The van der Waals surface area contributed by atoms with Gasteiger partial charge in [-0.2, -0.15) is 0 Å². The van der Waals surface area contributed by atoms with Crippen molar-refractivity contribution in [3.8, 4) is 0 Å². The van der Waals surface area contributed by atoms with Crippen molar-refractivity contribution in [2.75, 3.05) is 0 Å². The lowest BCUT2D eigenvalue weighted by atomic mass is 9.68. The Bertz CT molecular complexity index is 2670. The molecule has 3 atom stereocenters. The Balaban J connectivity index is 0.00000224. The van der Waals surface area contributed by atoms with Gasteiger partial charge in [0.25, 0.3) is 0 Å². The van der Waals surface area contributed by atoms with Gasteiger partial charge in [0, 0.05) is 9.80 Å². The monoisotopic (exact) mass is 760 g/mol. The van der Waals surface area contributed by atoms with Gasteiger partial charge in [-0.3, -0.25) is 0 Å². The van der Waals surface area contributed by atoms with Crippen LogP contribution in [0.15, 0.2) is 190 Å². The highest BCUT2D eigenvalue weighted by Gasteiger charge is 2.53. The quantitative estimate of drug-likeness (QED) is 0.171. The standard InChI is InChI=1S/C53H46OS.C2H6/c1-7-11-22-39-35(6)52(34(5)38(19-8-2)41-23-12-15-27-47(41)52)50-33-37(30-31-45(39)50)55(54)36-21-18-26-44-43-25-14-17-29-49(43)53(51(44)32-36)46(10-4)40(20-9-3)42-24-13-16-28-48(42)53;1-2/h7-21,23-25,27-33H,4,22,26H2,1-3,5-6H3;1-2H3/b11-7-,19-8-,20-9-;. The molecule has 0 bridgehead atoms. The smallest absolute Gasteiger partial charge is 0.0849 e. The van der Waals surface area contributed by atoms with Gasteiger partial charge < -0.3 is 0 Å². The van der Waals surface area contributed by atoms with E-state index in [1.165, 1.54) is 89.1 Å². The predicted octanol–water partition coefficient (Wildman–Crippen LogP) is 14.3. The van der Waals surface area contributed by atoms with Crippen molar-refractivity contribution in [3.63, 3.8) is 0 Å². The van der Waals surface area contributed by atoms with Gasteiger partial charge in [-0.15, -0.1) is 0 Å². The maximum absolute atomic E-state index is 15.3. The maximum Gasteiger partial charge on any atom is 0.0849 e. The molecule has 0 amide bonds. The third-order valence-electron chi connectivity index (χ3n) is 12.8. The van der Waals surface area contributed by atoms with E-state index < -0.39 is 21.6 Å². The second-order valence-corrected chi connectivity index (χ2v) is 16.6. The van der Waals surface area contributed by atoms with Crippen LogP contribution in [0, 0.1) is 0 Å². The highest BCUT2D eigenvalue weighted by molar-refractivity contribution is 7.89. The van der Waals surface area contributed by atoms with Crippen LogP contribution in [-0.4, -0.2) is 4.21 Å². The van der Waals surface area contributed by atoms with Crippen LogP contribution in [0.25, 0.3) is 22.3 Å². The molecule has 57 heavy (non-hydrogen) atoms. The number of rotatable bonds is 7. The van der Waals surface area contributed by atoms with E-state index in [0.717, 1.165) is 22.6 Å². The van der Waals surface area contributed by atoms with Crippen LogP contribution in [-0.2, 0) is 21.6 Å². The summed E-state index contributed by atoms with van der Waals surface area (Å²) in [6, 6.07) is 33.2. The Morgan fingerprint density at radius 3 is 1.93 bits per heavy atom. The average molecular weight is 761 g/mol. The summed E-state index contributed by atoms with van der Waals surface area (Å²) in [6.07, 6.45) is 23.4. The Hall–Kier alpha value is -5.57. The first-order valence-corrected chi connectivity index (χ1v) is 21.7. The van der Waals surface area contributed by atoms with Gasteiger partial charge in [0.1, 0.15) is 0 Å². The first-order chi connectivity index (χ1) is 27.9. The summed E-state index contributed by atoms with van der Waals surface area (Å²) >= 11 is 0. The van der Waals surface area contributed by atoms with E-state index in [9.17, 15) is 0 Å². The molecule has 0 aromatic heterocycles. The molecule has 9 rings (SSSR count). The van der Waals surface area contributed by atoms with E-state index in [1.807, 2.05) is 13.8 Å². The van der Waals surface area contributed by atoms with Crippen LogP contribution in [0.3, 0.4) is 0 Å². The summed E-state index contributed by atoms with van der Waals surface area (Å²) in [6.45, 7) is 19.3. The van der Waals surface area contributed by atoms with Crippen LogP contribution in [0.4, 0.5) is 0 Å². The van der Waals surface area contributed by atoms with Gasteiger partial charge in [-0.1, -0.05) is 153 Å². The maximum atomic E-state index is 15.3. The lowest BCUT2D eigenvalue weighted by Gasteiger charge is -2.33. The van der Waals surface area contributed by atoms with Gasteiger partial charge >= 0.3 is 0 Å². The summed E-state index contributed by atoms with van der Waals surface area (Å²) in [5.74, 6) is 0. The summed E-state index contributed by atoms with van der Waals surface area (Å²) in [5, 5.41) is 0. The minimum Gasteiger partial charge on any atom is -0.249 e. The molecule has 4 aromatic carbocycles. The largest absolute Gasteiger partial charge is 0.249 e. The zero-order valence-corrected chi connectivity index (χ0v) is 35.2. The van der Waals surface area contributed by atoms with E-state index in [4.69, 9.17) is 0 Å². The Labute approximate surface area is 342 Å². The van der Waals surface area contributed by atoms with Crippen molar-refractivity contribution in [1.29, 1.82) is 0 Å². The molecule has 4 aromatic rings. The van der Waals surface area contributed by atoms with Crippen molar-refractivity contribution < 1.29 is 4.21 Å². The minimum absolute atomic E-state index is 0.418. The number of hydrogen-bond acceptors (Lipinski definition) is 1. The van der Waals surface area contributed by atoms with Crippen molar-refractivity contribution >= 4 is 33.1 Å². The number of benzene rings is 4. The molecule has 5 aliphatic rings. The molecule has 0 saturated carbocycles. The van der Waals surface area contributed by atoms with Gasteiger partial charge in [-0.25, -0.2) is 4.21 Å². The molecule has 0 fully saturated rings. The molecule has 3 unspecified atom stereocenters. The van der Waals surface area contributed by atoms with Gasteiger partial charge in [0.15, 0.2) is 0 Å². The van der Waals surface area contributed by atoms with Crippen molar-refractivity contribution in [2.24, 2.45) is 0 Å². The van der Waals surface area contributed by atoms with Crippen LogP contribution in [0.1, 0.15) is 106 Å². The molecule has 284 valence electrons. The molecule has 1 nitrogen and oxygen atoms in total. The lowest BCUT2D eigenvalue weighted by molar-refractivity contribution is 0.686. The first kappa shape index (κ1) is 38.3. The zero-order chi connectivity index (χ0) is 40.1. The normalized spacial score (nSPS) is 22.1. The van der Waals surface area contributed by atoms with Crippen LogP contribution >= 0.6 is 0 Å². The summed E-state index contributed by atoms with van der Waals surface area (Å²) < 4.78 is 15.3. The lowest BCUT2D eigenvalue weighted by Crippen LogP contribution is -2.28. The molecule has 0 radical (unpaired) electrons. The predicted molar refractivity (Wildman–Crippen MR) is 245 cm³/mol. The fourth-order valence-corrected chi connectivity index (χ4v) is 11.8. The van der Waals surface area contributed by atoms with E-state index in [1.54, 1.807) is 0 Å². The highest BCUT2D eigenvalue weighted by atomic mass is 32.2. The Morgan fingerprint density at radius 2 is 1.28 bits per heavy atom. The number of hydrogen-bond donors (Lipinski definition) is 0. The van der Waals surface area contributed by atoms with Crippen molar-refractivity contribution in [2.45, 2.75) is 77.0 Å². The van der Waals surface area contributed by atoms with Crippen LogP contribution < -0.4 is 0 Å². The number of allylic oxidation sites excluding steroid dienone is 18. The Morgan fingerprint density at radius 1 is 0.684 bits per heavy atom. The molecule has 5 aliphatic carbocycles. The molecule has 2 spiro atoms. The molecular formula is C55H52OS. The molecule has 2 heteroatoms. The first-order valence-electron chi connectivity index (χ1n) is 20.5. The fourth-order valence-electron chi connectivity index (χ4n) is 10.7. The van der Waals surface area contributed by atoms with Crippen LogP contribution in [0.5, 0.6) is 0 Å². The van der Waals surface area contributed by atoms with Gasteiger partial charge in [0.05, 0.1) is 21.6 Å². The summed E-state index contributed by atoms with van der Waals surface area (Å²) in [7, 11) is -1.45. The highest BCUT2D eigenvalue weighted by Crippen LogP contribution is 2.64. The minimum atomic E-state index is -1.45. The SMILES string of the molecule is C=CC1=C(/C=C\C)c2ccccc2C12C1=C(CC=CC(S(=O)c3ccc4c(c3)C3(C(C)=C(/C=C\C)c5ccccc53)C(C)=C4C/C=C\C)=C1)c1ccccc12.CC. The third kappa shape index (κ3) is 5.23. The third-order valence-corrected chi connectivity index (χ3v) is 14.1. The van der Waals surface area contributed by atoms with E-state index >= 15 is 4.21 Å². The zero-order valence-electron chi connectivity index (χ0n) is 34.4. The summed E-state index contributed by atoms with van der Waals surface area (Å²) in [4.78, 5) is 1.64. The summed E-state index contributed by atoms with van der Waals surface area (Å²) in [5.41, 5.74) is 19.3. The topological polar surface area (TPSA) is 17.1 Å². The van der Waals surface area contributed by atoms with Crippen LogP contribution in [0.2, 0.25) is 0 Å². The average Bonchev–Trinajstić information content (AvgIpc) is 3.79. The molecule has 0 saturated heterocycles. The van der Waals surface area contributed by atoms with E-state index in [-0.39, 0.29) is 0 Å². The van der Waals surface area contributed by atoms with Crippen molar-refractivity contribution in [3.05, 3.63) is 230 Å². The molecule has 0 N–H and O–H groups in total. The second kappa shape index (κ2) is 15.1. The number of fused-ring (bicyclic) bond motifs is 10. The fraction of sp³-hybridized carbons (Fsp3) is 0.200. The second-order valence-electron chi connectivity index (χ2n) is 15.1. The van der Waals surface area contributed by atoms with Gasteiger partial charge in [0.2, 0.25) is 0 Å². The van der Waals surface area contributed by atoms with E-state index in [0.29, 0.717) is 0 Å². The van der Waals surface area contributed by atoms with E-state index in [2.05, 4.69) is 193 Å². The Kier molecular flexibility index (Phi) is 10.1. The van der Waals surface area contributed by atoms with Crippen molar-refractivity contribution in [1.82, 2.24) is 0 Å². The molecule has 0 heterocycles. The molecular weight excluding hydrogens is 709 g/mol. The molecule has 0 aliphatic heterocycles. The van der Waals surface area contributed by atoms with Gasteiger partial charge in [-0.05, 0) is 155 Å².